The van der Waals surface area contributed by atoms with Gasteiger partial charge < -0.3 is 16.0 Å². The lowest BCUT2D eigenvalue weighted by molar-refractivity contribution is -0.128. The van der Waals surface area contributed by atoms with Crippen molar-refractivity contribution in [3.63, 3.8) is 0 Å². The van der Waals surface area contributed by atoms with Gasteiger partial charge in [0.15, 0.2) is 0 Å². The van der Waals surface area contributed by atoms with E-state index in [2.05, 4.69) is 17.3 Å². The smallest absolute Gasteiger partial charge is 0.226 e. The van der Waals surface area contributed by atoms with Gasteiger partial charge in [-0.25, -0.2) is 0 Å². The molecule has 0 unspecified atom stereocenters. The highest BCUT2D eigenvalue weighted by Gasteiger charge is 2.25. The lowest BCUT2D eigenvalue weighted by Crippen LogP contribution is -2.43. The van der Waals surface area contributed by atoms with Gasteiger partial charge in [-0.1, -0.05) is 19.3 Å². The van der Waals surface area contributed by atoms with Crippen LogP contribution in [0, 0.1) is 5.41 Å². The molecule has 19 heavy (non-hydrogen) atoms. The number of nitrogens with two attached hydrogens (primary N) is 1. The van der Waals surface area contributed by atoms with Crippen LogP contribution in [0.2, 0.25) is 0 Å². The van der Waals surface area contributed by atoms with Gasteiger partial charge in [0.25, 0.3) is 0 Å². The fourth-order valence-electron chi connectivity index (χ4n) is 2.57. The van der Waals surface area contributed by atoms with E-state index < -0.39 is 5.41 Å². The van der Waals surface area contributed by atoms with Crippen LogP contribution in [0.5, 0.6) is 0 Å². The molecule has 112 valence electrons. The summed E-state index contributed by atoms with van der Waals surface area (Å²) in [7, 11) is 2.21. The van der Waals surface area contributed by atoms with Crippen molar-refractivity contribution in [3.8, 4) is 0 Å². The Bertz CT molecular complexity index is 273. The fourth-order valence-corrected chi connectivity index (χ4v) is 2.57. The molecule has 0 heterocycles. The average molecular weight is 269 g/mol. The van der Waals surface area contributed by atoms with E-state index in [0.29, 0.717) is 6.54 Å². The maximum absolute atomic E-state index is 11.8. The highest BCUT2D eigenvalue weighted by atomic mass is 16.2. The summed E-state index contributed by atoms with van der Waals surface area (Å²) >= 11 is 0. The first kappa shape index (κ1) is 16.4. The van der Waals surface area contributed by atoms with Gasteiger partial charge >= 0.3 is 0 Å². The Hall–Kier alpha value is -0.610. The van der Waals surface area contributed by atoms with Crippen LogP contribution < -0.4 is 11.1 Å². The molecular weight excluding hydrogens is 238 g/mol. The van der Waals surface area contributed by atoms with E-state index in [4.69, 9.17) is 5.73 Å². The van der Waals surface area contributed by atoms with Gasteiger partial charge in [0.05, 0.1) is 5.41 Å². The second kappa shape index (κ2) is 7.85. The number of carbonyl (C=O) groups is 1. The van der Waals surface area contributed by atoms with E-state index >= 15 is 0 Å². The highest BCUT2D eigenvalue weighted by Crippen LogP contribution is 2.21. The Kier molecular flexibility index (Phi) is 6.80. The number of nitrogens with one attached hydrogen (secondary N) is 1. The fraction of sp³-hybridized carbons (Fsp3) is 0.933. The maximum Gasteiger partial charge on any atom is 0.226 e. The SMILES string of the molecule is CN(CCCNC(=O)C(C)(C)CN)C1CCCCC1. The summed E-state index contributed by atoms with van der Waals surface area (Å²) in [6.07, 6.45) is 7.83. The second-order valence-electron chi connectivity index (χ2n) is 6.47. The van der Waals surface area contributed by atoms with Gasteiger partial charge in [0.2, 0.25) is 5.91 Å². The van der Waals surface area contributed by atoms with Gasteiger partial charge in [-0.2, -0.15) is 0 Å². The molecule has 0 bridgehead atoms. The average Bonchev–Trinajstić information content (AvgIpc) is 2.43. The number of amides is 1. The summed E-state index contributed by atoms with van der Waals surface area (Å²) in [6.45, 7) is 5.97. The van der Waals surface area contributed by atoms with Gasteiger partial charge in [0, 0.05) is 19.1 Å². The molecule has 1 saturated carbocycles. The Morgan fingerprint density at radius 2 is 1.95 bits per heavy atom. The third-order valence-electron chi connectivity index (χ3n) is 4.30. The molecule has 0 atom stereocenters. The third kappa shape index (κ3) is 5.49. The monoisotopic (exact) mass is 269 g/mol. The minimum absolute atomic E-state index is 0.0651. The first-order valence-electron chi connectivity index (χ1n) is 7.66. The molecule has 1 aliphatic rings. The van der Waals surface area contributed by atoms with Crippen molar-refractivity contribution >= 4 is 5.91 Å². The van der Waals surface area contributed by atoms with Crippen LogP contribution in [0.3, 0.4) is 0 Å². The zero-order valence-corrected chi connectivity index (χ0v) is 12.9. The van der Waals surface area contributed by atoms with Crippen LogP contribution in [0.4, 0.5) is 0 Å². The minimum atomic E-state index is -0.449. The molecule has 0 spiro atoms. The molecule has 4 nitrogen and oxygen atoms in total. The summed E-state index contributed by atoms with van der Waals surface area (Å²) < 4.78 is 0. The Morgan fingerprint density at radius 1 is 1.32 bits per heavy atom. The molecule has 0 aromatic carbocycles. The third-order valence-corrected chi connectivity index (χ3v) is 4.30. The zero-order chi connectivity index (χ0) is 14.3. The molecule has 0 aromatic heterocycles. The van der Waals surface area contributed by atoms with Gasteiger partial charge in [0.1, 0.15) is 0 Å². The predicted molar refractivity (Wildman–Crippen MR) is 80.0 cm³/mol. The van der Waals surface area contributed by atoms with Crippen LogP contribution in [0.15, 0.2) is 0 Å². The zero-order valence-electron chi connectivity index (χ0n) is 12.9. The van der Waals surface area contributed by atoms with Crippen molar-refractivity contribution in [2.75, 3.05) is 26.7 Å². The molecule has 1 amide bonds. The van der Waals surface area contributed by atoms with Gasteiger partial charge in [-0.3, -0.25) is 4.79 Å². The minimum Gasteiger partial charge on any atom is -0.356 e. The normalized spacial score (nSPS) is 17.7. The van der Waals surface area contributed by atoms with E-state index in [1.807, 2.05) is 13.8 Å². The Balaban J connectivity index is 2.14. The first-order chi connectivity index (χ1) is 8.97. The van der Waals surface area contributed by atoms with E-state index in [1.165, 1.54) is 32.1 Å². The highest BCUT2D eigenvalue weighted by molar-refractivity contribution is 5.81. The summed E-state index contributed by atoms with van der Waals surface area (Å²) in [6, 6.07) is 0.755. The van der Waals surface area contributed by atoms with Crippen molar-refractivity contribution in [1.82, 2.24) is 10.2 Å². The molecule has 1 aliphatic carbocycles. The van der Waals surface area contributed by atoms with E-state index in [1.54, 1.807) is 0 Å². The second-order valence-corrected chi connectivity index (χ2v) is 6.47. The number of nitrogens with zero attached hydrogens (tertiary/aromatic N) is 1. The maximum atomic E-state index is 11.8. The first-order valence-corrected chi connectivity index (χ1v) is 7.66. The number of rotatable bonds is 7. The van der Waals surface area contributed by atoms with Crippen molar-refractivity contribution in [1.29, 1.82) is 0 Å². The summed E-state index contributed by atoms with van der Waals surface area (Å²) in [5.74, 6) is 0.0651. The van der Waals surface area contributed by atoms with Gasteiger partial charge in [-0.15, -0.1) is 0 Å². The largest absolute Gasteiger partial charge is 0.356 e. The standard InChI is InChI=1S/C15H31N3O/c1-15(2,12-16)14(19)17-10-7-11-18(3)13-8-5-4-6-9-13/h13H,4-12,16H2,1-3H3,(H,17,19). The summed E-state index contributed by atoms with van der Waals surface area (Å²) in [4.78, 5) is 14.3. The van der Waals surface area contributed by atoms with Crippen LogP contribution >= 0.6 is 0 Å². The van der Waals surface area contributed by atoms with E-state index in [9.17, 15) is 4.79 Å². The topological polar surface area (TPSA) is 58.4 Å². The lowest BCUT2D eigenvalue weighted by Gasteiger charge is -2.31. The van der Waals surface area contributed by atoms with Crippen molar-refractivity contribution < 1.29 is 4.79 Å². The molecule has 0 aromatic rings. The molecule has 0 saturated heterocycles. The summed E-state index contributed by atoms with van der Waals surface area (Å²) in [5.41, 5.74) is 5.14. The van der Waals surface area contributed by atoms with Gasteiger partial charge in [-0.05, 0) is 46.7 Å². The van der Waals surface area contributed by atoms with Crippen LogP contribution in [-0.2, 0) is 4.79 Å². The van der Waals surface area contributed by atoms with Crippen LogP contribution in [0.1, 0.15) is 52.4 Å². The van der Waals surface area contributed by atoms with E-state index in [0.717, 1.165) is 25.6 Å². The van der Waals surface area contributed by atoms with Crippen molar-refractivity contribution in [2.24, 2.45) is 11.1 Å². The predicted octanol–water partition coefficient (Wildman–Crippen LogP) is 1.74. The molecular formula is C15H31N3O. The quantitative estimate of drug-likeness (QED) is 0.692. The Labute approximate surface area is 118 Å². The Morgan fingerprint density at radius 3 is 2.53 bits per heavy atom. The molecule has 0 radical (unpaired) electrons. The number of carbonyl (C=O) groups excluding carboxylic acids is 1. The number of hydrogen-bond acceptors (Lipinski definition) is 3. The molecule has 4 heteroatoms. The van der Waals surface area contributed by atoms with Crippen LogP contribution in [-0.4, -0.2) is 43.5 Å². The number of hydrogen-bond donors (Lipinski definition) is 2. The molecule has 0 aliphatic heterocycles. The van der Waals surface area contributed by atoms with Crippen molar-refractivity contribution in [3.05, 3.63) is 0 Å². The summed E-state index contributed by atoms with van der Waals surface area (Å²) in [5, 5.41) is 2.99. The molecule has 3 N–H and O–H groups in total. The van der Waals surface area contributed by atoms with E-state index in [-0.39, 0.29) is 5.91 Å². The molecule has 1 fully saturated rings. The lowest BCUT2D eigenvalue weighted by atomic mass is 9.92. The molecule has 1 rings (SSSR count). The van der Waals surface area contributed by atoms with Crippen LogP contribution in [0.25, 0.3) is 0 Å². The van der Waals surface area contributed by atoms with Crippen molar-refractivity contribution in [2.45, 2.75) is 58.4 Å².